The molecule has 1 aliphatic heterocycles. The zero-order valence-electron chi connectivity index (χ0n) is 23.8. The average Bonchev–Trinajstić information content (AvgIpc) is 2.93. The van der Waals surface area contributed by atoms with Crippen LogP contribution in [0, 0.1) is 0 Å². The van der Waals surface area contributed by atoms with Crippen LogP contribution < -0.4 is 15.4 Å². The first kappa shape index (κ1) is 32.5. The molecular formula is C30H47N3O5S. The molecule has 0 spiro atoms. The number of thiocarbonyl (C=S) groups is 1. The predicted molar refractivity (Wildman–Crippen MR) is 158 cm³/mol. The van der Waals surface area contributed by atoms with Crippen LogP contribution >= 0.6 is 12.2 Å². The minimum absolute atomic E-state index is 0.116. The van der Waals surface area contributed by atoms with E-state index in [-0.39, 0.29) is 23.3 Å². The molecular weight excluding hydrogens is 514 g/mol. The number of nitrogens with zero attached hydrogens (tertiary/aromatic N) is 1. The van der Waals surface area contributed by atoms with Gasteiger partial charge in [0.2, 0.25) is 5.91 Å². The number of hydrogen-bond donors (Lipinski definition) is 2. The Hall–Kier alpha value is -2.68. The number of benzene rings is 1. The summed E-state index contributed by atoms with van der Waals surface area (Å²) in [6.07, 6.45) is 13.9. The molecule has 1 aromatic rings. The number of carbonyl (C=O) groups is 3. The minimum Gasteiger partial charge on any atom is -0.494 e. The van der Waals surface area contributed by atoms with E-state index in [0.29, 0.717) is 37.6 Å². The summed E-state index contributed by atoms with van der Waals surface area (Å²) in [4.78, 5) is 39.4. The lowest BCUT2D eigenvalue weighted by Crippen LogP contribution is -2.60. The summed E-state index contributed by atoms with van der Waals surface area (Å²) in [6.45, 7) is 6.08. The van der Waals surface area contributed by atoms with Crippen molar-refractivity contribution in [3.8, 4) is 5.75 Å². The van der Waals surface area contributed by atoms with Crippen molar-refractivity contribution in [1.82, 2.24) is 15.5 Å². The second-order valence-corrected chi connectivity index (χ2v) is 10.5. The fraction of sp³-hybridized carbons (Fsp3) is 0.667. The number of nitrogens with one attached hydrogen (secondary N) is 2. The first-order chi connectivity index (χ1) is 19.0. The number of unbranched alkanes of at least 4 members (excludes halogenated alkanes) is 10. The second kappa shape index (κ2) is 19.4. The summed E-state index contributed by atoms with van der Waals surface area (Å²) in [5.74, 6) is -0.423. The zero-order valence-corrected chi connectivity index (χ0v) is 24.6. The molecule has 9 heteroatoms. The lowest BCUT2D eigenvalue weighted by atomic mass is 10.1. The Kier molecular flexibility index (Phi) is 16.2. The van der Waals surface area contributed by atoms with Gasteiger partial charge in [0.05, 0.1) is 19.6 Å². The molecule has 1 fully saturated rings. The molecule has 1 aromatic carbocycles. The van der Waals surface area contributed by atoms with E-state index in [1.54, 1.807) is 29.2 Å². The first-order valence-corrected chi connectivity index (χ1v) is 15.1. The molecule has 2 rings (SSSR count). The molecule has 1 unspecified atom stereocenters. The normalized spacial score (nSPS) is 15.0. The highest BCUT2D eigenvalue weighted by Crippen LogP contribution is 2.15. The van der Waals surface area contributed by atoms with Crippen molar-refractivity contribution in [2.75, 3.05) is 26.3 Å². The van der Waals surface area contributed by atoms with E-state index in [9.17, 15) is 14.4 Å². The van der Waals surface area contributed by atoms with Crippen molar-refractivity contribution in [1.29, 1.82) is 0 Å². The third-order valence-corrected chi connectivity index (χ3v) is 7.15. The summed E-state index contributed by atoms with van der Waals surface area (Å²) in [6, 6.07) is 6.01. The van der Waals surface area contributed by atoms with Gasteiger partial charge in [0.15, 0.2) is 5.11 Å². The van der Waals surface area contributed by atoms with Crippen LogP contribution in [0.2, 0.25) is 0 Å². The van der Waals surface area contributed by atoms with Crippen LogP contribution in [0.3, 0.4) is 0 Å². The molecule has 0 bridgehead atoms. The minimum atomic E-state index is -0.818. The lowest BCUT2D eigenvalue weighted by Gasteiger charge is -2.36. The maximum atomic E-state index is 12.7. The average molecular weight is 562 g/mol. The summed E-state index contributed by atoms with van der Waals surface area (Å²) in [7, 11) is 0. The zero-order chi connectivity index (χ0) is 28.3. The van der Waals surface area contributed by atoms with Crippen LogP contribution in [0.4, 0.5) is 0 Å². The molecule has 0 radical (unpaired) electrons. The molecule has 1 heterocycles. The van der Waals surface area contributed by atoms with Crippen molar-refractivity contribution in [2.24, 2.45) is 0 Å². The highest BCUT2D eigenvalue weighted by molar-refractivity contribution is 7.80. The van der Waals surface area contributed by atoms with Crippen LogP contribution in [0.15, 0.2) is 24.3 Å². The van der Waals surface area contributed by atoms with Crippen LogP contribution in [0.1, 0.15) is 108 Å². The third-order valence-electron chi connectivity index (χ3n) is 6.82. The number of ether oxygens (including phenoxy) is 2. The predicted octanol–water partition coefficient (Wildman–Crippen LogP) is 5.53. The van der Waals surface area contributed by atoms with Crippen molar-refractivity contribution in [2.45, 2.75) is 103 Å². The Labute approximate surface area is 239 Å². The van der Waals surface area contributed by atoms with Gasteiger partial charge in [0.25, 0.3) is 5.91 Å². The number of carbonyl (C=O) groups excluding carboxylic acids is 3. The van der Waals surface area contributed by atoms with Gasteiger partial charge in [-0.05, 0) is 49.3 Å². The molecule has 0 aromatic heterocycles. The molecule has 0 saturated carbocycles. The Balaban J connectivity index is 1.73. The maximum absolute atomic E-state index is 12.7. The van der Waals surface area contributed by atoms with Gasteiger partial charge in [-0.25, -0.2) is 0 Å². The van der Waals surface area contributed by atoms with Crippen LogP contribution in [0.5, 0.6) is 5.75 Å². The quantitative estimate of drug-likeness (QED) is 0.138. The van der Waals surface area contributed by atoms with E-state index in [0.717, 1.165) is 32.1 Å². The molecule has 2 amide bonds. The molecule has 218 valence electrons. The molecule has 2 N–H and O–H groups in total. The van der Waals surface area contributed by atoms with E-state index in [2.05, 4.69) is 24.5 Å². The van der Waals surface area contributed by atoms with Gasteiger partial charge in [0.1, 0.15) is 11.8 Å². The maximum Gasteiger partial charge on any atom is 0.308 e. The first-order valence-electron chi connectivity index (χ1n) is 14.7. The highest BCUT2D eigenvalue weighted by atomic mass is 32.1. The molecule has 1 atom stereocenters. The molecule has 39 heavy (non-hydrogen) atoms. The van der Waals surface area contributed by atoms with Crippen molar-refractivity contribution in [3.63, 3.8) is 0 Å². The molecule has 8 nitrogen and oxygen atoms in total. The van der Waals surface area contributed by atoms with Crippen LogP contribution in [0.25, 0.3) is 0 Å². The summed E-state index contributed by atoms with van der Waals surface area (Å²) >= 11 is 5.45. The molecule has 1 saturated heterocycles. The van der Waals surface area contributed by atoms with Crippen molar-refractivity contribution < 1.29 is 23.9 Å². The smallest absolute Gasteiger partial charge is 0.308 e. The number of piperazine rings is 1. The number of rotatable bonds is 18. The van der Waals surface area contributed by atoms with Crippen molar-refractivity contribution in [3.05, 3.63) is 29.8 Å². The highest BCUT2D eigenvalue weighted by Gasteiger charge is 2.34. The van der Waals surface area contributed by atoms with E-state index >= 15 is 0 Å². The Bertz CT molecular complexity index is 893. The van der Waals surface area contributed by atoms with Gasteiger partial charge in [0, 0.05) is 18.7 Å². The van der Waals surface area contributed by atoms with Gasteiger partial charge in [-0.1, -0.05) is 78.1 Å². The fourth-order valence-electron chi connectivity index (χ4n) is 4.43. The monoisotopic (exact) mass is 561 g/mol. The van der Waals surface area contributed by atoms with E-state index in [1.807, 2.05) is 0 Å². The largest absolute Gasteiger partial charge is 0.494 e. The summed E-state index contributed by atoms with van der Waals surface area (Å²) < 4.78 is 11.0. The number of hydrogen-bond acceptors (Lipinski definition) is 6. The molecule has 0 aliphatic carbocycles. The second-order valence-electron chi connectivity index (χ2n) is 10.1. The van der Waals surface area contributed by atoms with Gasteiger partial charge in [-0.2, -0.15) is 0 Å². The van der Waals surface area contributed by atoms with E-state index in [4.69, 9.17) is 21.7 Å². The summed E-state index contributed by atoms with van der Waals surface area (Å²) in [5, 5.41) is 5.59. The topological polar surface area (TPSA) is 97.0 Å². The Morgan fingerprint density at radius 2 is 1.54 bits per heavy atom. The van der Waals surface area contributed by atoms with E-state index < -0.39 is 12.0 Å². The third kappa shape index (κ3) is 12.8. The SMILES string of the molecule is CCCCCCCCCCCCOC(=O)CC1C(=O)NCCN1C(=S)NC(=O)c1ccc(OCCCC)cc1. The fourth-order valence-corrected chi connectivity index (χ4v) is 4.74. The van der Waals surface area contributed by atoms with Crippen molar-refractivity contribution >= 4 is 35.1 Å². The van der Waals surface area contributed by atoms with Gasteiger partial charge in [-0.3, -0.25) is 19.7 Å². The van der Waals surface area contributed by atoms with Gasteiger partial charge < -0.3 is 19.7 Å². The van der Waals surface area contributed by atoms with Gasteiger partial charge in [-0.15, -0.1) is 0 Å². The number of esters is 1. The van der Waals surface area contributed by atoms with Crippen LogP contribution in [-0.4, -0.2) is 60.1 Å². The number of amides is 2. The van der Waals surface area contributed by atoms with E-state index in [1.165, 1.54) is 44.9 Å². The molecule has 1 aliphatic rings. The van der Waals surface area contributed by atoms with Gasteiger partial charge >= 0.3 is 5.97 Å². The summed E-state index contributed by atoms with van der Waals surface area (Å²) in [5.41, 5.74) is 0.425. The van der Waals surface area contributed by atoms with Crippen LogP contribution in [-0.2, 0) is 14.3 Å². The Morgan fingerprint density at radius 3 is 2.18 bits per heavy atom. The Morgan fingerprint density at radius 1 is 0.923 bits per heavy atom. The lowest BCUT2D eigenvalue weighted by molar-refractivity contribution is -0.147. The standard InChI is InChI=1S/C30H47N3O5S/c1-3-5-7-8-9-10-11-12-13-14-22-38-27(34)23-26-29(36)31-19-20-33(26)30(39)32-28(35)24-15-17-25(18-16-24)37-21-6-4-2/h15-18,26H,3-14,19-23H2,1-2H3,(H,31,36)(H,32,35,39).